The van der Waals surface area contributed by atoms with Crippen molar-refractivity contribution >= 4 is 33.5 Å². The maximum Gasteiger partial charge on any atom is 0.214 e. The maximum absolute atomic E-state index is 12.3. The molecule has 7 heteroatoms. The molecule has 1 aromatic heterocycles. The van der Waals surface area contributed by atoms with Gasteiger partial charge in [0.1, 0.15) is 0 Å². The van der Waals surface area contributed by atoms with Crippen molar-refractivity contribution in [3.8, 4) is 5.69 Å². The van der Waals surface area contributed by atoms with Gasteiger partial charge in [0.05, 0.1) is 11.4 Å². The lowest BCUT2D eigenvalue weighted by Crippen LogP contribution is -2.05. The van der Waals surface area contributed by atoms with Crippen molar-refractivity contribution in [2.24, 2.45) is 0 Å². The Hall–Kier alpha value is -1.99. The van der Waals surface area contributed by atoms with Gasteiger partial charge in [-0.3, -0.25) is 4.79 Å². The Morgan fingerprint density at radius 2 is 1.88 bits per heavy atom. The average molecular weight is 403 g/mol. The number of Topliss-reactive ketones (excluding diaryl/α,β-unsaturated/α-hetero) is 1. The van der Waals surface area contributed by atoms with Crippen LogP contribution in [0, 0.1) is 13.8 Å². The Labute approximate surface area is 152 Å². The van der Waals surface area contributed by atoms with Crippen LogP contribution in [0.15, 0.2) is 52.1 Å². The van der Waals surface area contributed by atoms with Gasteiger partial charge in [-0.15, -0.1) is 5.10 Å². The average Bonchev–Trinajstić information content (AvgIpc) is 3.04. The highest BCUT2D eigenvalue weighted by Crippen LogP contribution is 2.21. The van der Waals surface area contributed by atoms with Crippen LogP contribution in [0.2, 0.25) is 0 Å². The molecule has 0 saturated carbocycles. The van der Waals surface area contributed by atoms with Crippen LogP contribution in [-0.4, -0.2) is 31.7 Å². The summed E-state index contributed by atoms with van der Waals surface area (Å²) in [6.07, 6.45) is 0. The van der Waals surface area contributed by atoms with E-state index >= 15 is 0 Å². The Balaban J connectivity index is 1.75. The Morgan fingerprint density at radius 3 is 2.58 bits per heavy atom. The first-order valence-electron chi connectivity index (χ1n) is 7.32. The molecule has 0 radical (unpaired) electrons. The summed E-state index contributed by atoms with van der Waals surface area (Å²) >= 11 is 4.70. The number of nitrogens with zero attached hydrogens (tertiary/aromatic N) is 4. The van der Waals surface area contributed by atoms with Gasteiger partial charge in [-0.1, -0.05) is 45.9 Å². The lowest BCUT2D eigenvalue weighted by Gasteiger charge is -2.07. The number of carbonyl (C=O) groups is 1. The maximum atomic E-state index is 12.3. The highest BCUT2D eigenvalue weighted by Gasteiger charge is 2.13. The molecular formula is C17H15BrN4OS. The molecule has 24 heavy (non-hydrogen) atoms. The molecule has 0 saturated heterocycles. The van der Waals surface area contributed by atoms with Gasteiger partial charge in [-0.05, 0) is 59.7 Å². The fraction of sp³-hybridized carbons (Fsp3) is 0.176. The number of aryl methyl sites for hydroxylation is 2. The Kier molecular flexibility index (Phi) is 5.11. The highest BCUT2D eigenvalue weighted by atomic mass is 79.9. The number of hydrogen-bond donors (Lipinski definition) is 0. The first kappa shape index (κ1) is 16.9. The second-order valence-electron chi connectivity index (χ2n) is 5.36. The molecule has 0 bridgehead atoms. The molecule has 0 aliphatic rings. The summed E-state index contributed by atoms with van der Waals surface area (Å²) in [5, 5.41) is 12.4. The van der Waals surface area contributed by atoms with Crippen LogP contribution in [0.3, 0.4) is 0 Å². The smallest absolute Gasteiger partial charge is 0.214 e. The Morgan fingerprint density at radius 1 is 1.12 bits per heavy atom. The van der Waals surface area contributed by atoms with Crippen LogP contribution in [0.5, 0.6) is 0 Å². The minimum absolute atomic E-state index is 0.0436. The van der Waals surface area contributed by atoms with Crippen LogP contribution in [0.25, 0.3) is 5.69 Å². The van der Waals surface area contributed by atoms with Crippen molar-refractivity contribution in [2.45, 2.75) is 19.0 Å². The van der Waals surface area contributed by atoms with Gasteiger partial charge >= 0.3 is 0 Å². The number of rotatable bonds is 5. The lowest BCUT2D eigenvalue weighted by molar-refractivity contribution is 0.102. The molecule has 0 N–H and O–H groups in total. The van der Waals surface area contributed by atoms with E-state index in [0.29, 0.717) is 10.7 Å². The van der Waals surface area contributed by atoms with Gasteiger partial charge in [0.25, 0.3) is 0 Å². The van der Waals surface area contributed by atoms with Gasteiger partial charge in [0.15, 0.2) is 5.78 Å². The standard InChI is InChI=1S/C17H15BrN4OS/c1-11-3-8-15(9-12(11)2)22-17(19-20-21-22)24-10-16(23)13-4-6-14(18)7-5-13/h3-9H,10H2,1-2H3. The number of ketones is 1. The number of benzene rings is 2. The molecule has 0 aliphatic heterocycles. The molecule has 2 aromatic carbocycles. The van der Waals surface area contributed by atoms with Crippen molar-refractivity contribution in [3.05, 3.63) is 63.6 Å². The monoisotopic (exact) mass is 402 g/mol. The molecule has 3 aromatic rings. The van der Waals surface area contributed by atoms with Crippen LogP contribution >= 0.6 is 27.7 Å². The molecule has 0 atom stereocenters. The molecule has 5 nitrogen and oxygen atoms in total. The summed E-state index contributed by atoms with van der Waals surface area (Å²) in [5.74, 6) is 0.328. The van der Waals surface area contributed by atoms with E-state index in [4.69, 9.17) is 0 Å². The number of carbonyl (C=O) groups excluding carboxylic acids is 1. The predicted molar refractivity (Wildman–Crippen MR) is 97.8 cm³/mol. The molecule has 3 rings (SSSR count). The van der Waals surface area contributed by atoms with Crippen molar-refractivity contribution < 1.29 is 4.79 Å². The second kappa shape index (κ2) is 7.27. The minimum Gasteiger partial charge on any atom is -0.293 e. The molecule has 0 amide bonds. The number of halogens is 1. The summed E-state index contributed by atoms with van der Waals surface area (Å²) in [6, 6.07) is 13.4. The molecule has 0 aliphatic carbocycles. The lowest BCUT2D eigenvalue weighted by atomic mass is 10.1. The second-order valence-corrected chi connectivity index (χ2v) is 7.22. The van der Waals surface area contributed by atoms with Gasteiger partial charge in [-0.2, -0.15) is 4.68 Å². The zero-order valence-electron chi connectivity index (χ0n) is 13.2. The Bertz CT molecular complexity index is 877. The zero-order chi connectivity index (χ0) is 17.1. The van der Waals surface area contributed by atoms with E-state index in [0.717, 1.165) is 10.2 Å². The SMILES string of the molecule is Cc1ccc(-n2nnnc2SCC(=O)c2ccc(Br)cc2)cc1C. The number of aromatic nitrogens is 4. The third kappa shape index (κ3) is 3.73. The van der Waals surface area contributed by atoms with Crippen molar-refractivity contribution in [2.75, 3.05) is 5.75 Å². The van der Waals surface area contributed by atoms with Crippen molar-refractivity contribution in [1.82, 2.24) is 20.2 Å². The van der Waals surface area contributed by atoms with Gasteiger partial charge in [0.2, 0.25) is 5.16 Å². The molecule has 1 heterocycles. The first-order chi connectivity index (χ1) is 11.5. The van der Waals surface area contributed by atoms with E-state index in [1.165, 1.54) is 22.9 Å². The van der Waals surface area contributed by atoms with Crippen LogP contribution in [0.4, 0.5) is 0 Å². The summed E-state index contributed by atoms with van der Waals surface area (Å²) < 4.78 is 2.61. The van der Waals surface area contributed by atoms with Crippen molar-refractivity contribution in [1.29, 1.82) is 0 Å². The van der Waals surface area contributed by atoms with Crippen LogP contribution in [-0.2, 0) is 0 Å². The van der Waals surface area contributed by atoms with Gasteiger partial charge in [0, 0.05) is 10.0 Å². The van der Waals surface area contributed by atoms with Crippen molar-refractivity contribution in [3.63, 3.8) is 0 Å². The van der Waals surface area contributed by atoms with E-state index < -0.39 is 0 Å². The van der Waals surface area contributed by atoms with Crippen LogP contribution < -0.4 is 0 Å². The summed E-state index contributed by atoms with van der Waals surface area (Å²) in [4.78, 5) is 12.3. The topological polar surface area (TPSA) is 60.7 Å². The zero-order valence-corrected chi connectivity index (χ0v) is 15.6. The highest BCUT2D eigenvalue weighted by molar-refractivity contribution is 9.10. The molecule has 122 valence electrons. The molecule has 0 unspecified atom stereocenters. The van der Waals surface area contributed by atoms with E-state index in [1.807, 2.05) is 37.3 Å². The normalized spacial score (nSPS) is 10.8. The quantitative estimate of drug-likeness (QED) is 0.476. The van der Waals surface area contributed by atoms with E-state index in [1.54, 1.807) is 16.8 Å². The molecule has 0 spiro atoms. The number of thioether (sulfide) groups is 1. The fourth-order valence-electron chi connectivity index (χ4n) is 2.14. The van der Waals surface area contributed by atoms with E-state index in [-0.39, 0.29) is 11.5 Å². The number of tetrazole rings is 1. The number of hydrogen-bond acceptors (Lipinski definition) is 5. The fourth-order valence-corrected chi connectivity index (χ4v) is 3.19. The minimum atomic E-state index is 0.0436. The van der Waals surface area contributed by atoms with Crippen LogP contribution in [0.1, 0.15) is 21.5 Å². The van der Waals surface area contributed by atoms with E-state index in [9.17, 15) is 4.79 Å². The summed E-state index contributed by atoms with van der Waals surface area (Å²) in [5.41, 5.74) is 3.95. The third-order valence-electron chi connectivity index (χ3n) is 3.67. The summed E-state index contributed by atoms with van der Waals surface area (Å²) in [7, 11) is 0. The molecular weight excluding hydrogens is 388 g/mol. The third-order valence-corrected chi connectivity index (χ3v) is 5.12. The van der Waals surface area contributed by atoms with Gasteiger partial charge in [-0.25, -0.2) is 0 Å². The first-order valence-corrected chi connectivity index (χ1v) is 9.10. The largest absolute Gasteiger partial charge is 0.293 e. The molecule has 0 fully saturated rings. The predicted octanol–water partition coefficient (Wildman–Crippen LogP) is 4.02. The van der Waals surface area contributed by atoms with E-state index in [2.05, 4.69) is 38.4 Å². The summed E-state index contributed by atoms with van der Waals surface area (Å²) in [6.45, 7) is 4.11. The van der Waals surface area contributed by atoms with Gasteiger partial charge < -0.3 is 0 Å².